The summed E-state index contributed by atoms with van der Waals surface area (Å²) < 4.78 is 11.2. The zero-order valence-electron chi connectivity index (χ0n) is 23.1. The van der Waals surface area contributed by atoms with Gasteiger partial charge in [0.2, 0.25) is 0 Å². The summed E-state index contributed by atoms with van der Waals surface area (Å²) in [6.07, 6.45) is 9.20. The van der Waals surface area contributed by atoms with Gasteiger partial charge >= 0.3 is 0 Å². The van der Waals surface area contributed by atoms with E-state index in [9.17, 15) is 20.4 Å². The number of hydrogen-bond donors (Lipinski definition) is 4. The standard InChI is InChI=1S/C30H52O6/c1-18(5-8-25(33)36-28(2)13-14-35-26(34)17-28)21-6-7-22-27-23(10-12-30(21,22)4)29(3)11-9-20(31)15-19(29)16-24(27)32/h18-27,31-34H,5-17H2,1-4H3. The van der Waals surface area contributed by atoms with E-state index in [1.807, 2.05) is 6.92 Å². The Morgan fingerprint density at radius 3 is 2.36 bits per heavy atom. The molecule has 5 aliphatic rings. The zero-order chi connectivity index (χ0) is 25.9. The van der Waals surface area contributed by atoms with Crippen molar-refractivity contribution in [2.45, 2.75) is 135 Å². The predicted molar refractivity (Wildman–Crippen MR) is 138 cm³/mol. The molecule has 4 N–H and O–H groups in total. The van der Waals surface area contributed by atoms with E-state index in [0.717, 1.165) is 32.1 Å². The van der Waals surface area contributed by atoms with Gasteiger partial charge in [-0.25, -0.2) is 0 Å². The van der Waals surface area contributed by atoms with Gasteiger partial charge in [0.15, 0.2) is 12.6 Å². The van der Waals surface area contributed by atoms with Crippen LogP contribution in [0.3, 0.4) is 0 Å². The summed E-state index contributed by atoms with van der Waals surface area (Å²) in [7, 11) is 0. The van der Waals surface area contributed by atoms with E-state index in [4.69, 9.17) is 9.47 Å². The highest BCUT2D eigenvalue weighted by Gasteiger charge is 2.62. The quantitative estimate of drug-likeness (QED) is 0.391. The van der Waals surface area contributed by atoms with Crippen molar-refractivity contribution in [3.63, 3.8) is 0 Å². The molecule has 0 aromatic heterocycles. The summed E-state index contributed by atoms with van der Waals surface area (Å²) in [6.45, 7) is 9.75. The van der Waals surface area contributed by atoms with Crippen LogP contribution >= 0.6 is 0 Å². The van der Waals surface area contributed by atoms with Crippen LogP contribution in [0.1, 0.15) is 105 Å². The van der Waals surface area contributed by atoms with E-state index in [0.29, 0.717) is 61.4 Å². The van der Waals surface area contributed by atoms with Crippen LogP contribution < -0.4 is 0 Å². The summed E-state index contributed by atoms with van der Waals surface area (Å²) in [5.41, 5.74) is -0.0195. The molecule has 0 aromatic rings. The van der Waals surface area contributed by atoms with Gasteiger partial charge in [0.1, 0.15) is 0 Å². The molecule has 5 fully saturated rings. The fraction of sp³-hybridized carbons (Fsp3) is 1.00. The largest absolute Gasteiger partial charge is 0.393 e. The molecular weight excluding hydrogens is 456 g/mol. The van der Waals surface area contributed by atoms with Crippen molar-refractivity contribution in [2.24, 2.45) is 46.3 Å². The van der Waals surface area contributed by atoms with Gasteiger partial charge in [0.25, 0.3) is 0 Å². The normalized spacial score (nSPS) is 52.7. The highest BCUT2D eigenvalue weighted by atomic mass is 16.6. The van der Waals surface area contributed by atoms with Gasteiger partial charge < -0.3 is 29.9 Å². The fourth-order valence-electron chi connectivity index (χ4n) is 10.2. The molecule has 13 atom stereocenters. The Morgan fingerprint density at radius 2 is 1.61 bits per heavy atom. The van der Waals surface area contributed by atoms with E-state index in [-0.39, 0.29) is 23.0 Å². The first kappa shape index (κ1) is 27.3. The van der Waals surface area contributed by atoms with Gasteiger partial charge in [-0.15, -0.1) is 0 Å². The molecule has 13 unspecified atom stereocenters. The smallest absolute Gasteiger partial charge is 0.157 e. The van der Waals surface area contributed by atoms with Crippen LogP contribution in [0.4, 0.5) is 0 Å². The molecule has 0 aromatic carbocycles. The molecule has 0 amide bonds. The number of hydrogen-bond acceptors (Lipinski definition) is 6. The molecule has 4 saturated carbocycles. The summed E-state index contributed by atoms with van der Waals surface area (Å²) >= 11 is 0. The molecule has 4 aliphatic carbocycles. The molecule has 1 heterocycles. The van der Waals surface area contributed by atoms with Crippen LogP contribution in [0.25, 0.3) is 0 Å². The monoisotopic (exact) mass is 508 g/mol. The molecule has 0 bridgehead atoms. The molecule has 36 heavy (non-hydrogen) atoms. The van der Waals surface area contributed by atoms with Gasteiger partial charge in [-0.2, -0.15) is 0 Å². The molecular formula is C30H52O6. The SMILES string of the molecule is CC(CCC(O)OC1(C)CCOC(O)C1)C1CCC2C3C(O)CC4CC(O)CCC4(C)C3CCC12C. The Hall–Kier alpha value is -0.240. The van der Waals surface area contributed by atoms with Crippen molar-refractivity contribution in [2.75, 3.05) is 6.61 Å². The first-order chi connectivity index (χ1) is 16.9. The summed E-state index contributed by atoms with van der Waals surface area (Å²) in [5.74, 6) is 3.12. The van der Waals surface area contributed by atoms with Crippen molar-refractivity contribution in [3.05, 3.63) is 0 Å². The van der Waals surface area contributed by atoms with E-state index < -0.39 is 18.2 Å². The first-order valence-corrected chi connectivity index (χ1v) is 15.0. The van der Waals surface area contributed by atoms with Crippen LogP contribution in [0.2, 0.25) is 0 Å². The lowest BCUT2D eigenvalue weighted by molar-refractivity contribution is -0.245. The van der Waals surface area contributed by atoms with Gasteiger partial charge in [-0.1, -0.05) is 20.8 Å². The Balaban J connectivity index is 1.21. The summed E-state index contributed by atoms with van der Waals surface area (Å²) in [6, 6.07) is 0. The lowest BCUT2D eigenvalue weighted by atomic mass is 9.43. The molecule has 6 nitrogen and oxygen atoms in total. The van der Waals surface area contributed by atoms with Crippen LogP contribution in [-0.4, -0.2) is 57.4 Å². The molecule has 0 spiro atoms. The second-order valence-electron chi connectivity index (χ2n) is 14.3. The molecule has 5 rings (SSSR count). The third kappa shape index (κ3) is 4.81. The maximum Gasteiger partial charge on any atom is 0.157 e. The second-order valence-corrected chi connectivity index (χ2v) is 14.3. The molecule has 0 radical (unpaired) electrons. The number of ether oxygens (including phenoxy) is 2. The van der Waals surface area contributed by atoms with Crippen molar-refractivity contribution in [3.8, 4) is 0 Å². The topological polar surface area (TPSA) is 99.4 Å². The number of aliphatic hydroxyl groups excluding tert-OH is 4. The van der Waals surface area contributed by atoms with E-state index in [1.54, 1.807) is 0 Å². The molecule has 6 heteroatoms. The lowest BCUT2D eigenvalue weighted by Gasteiger charge is -2.62. The highest BCUT2D eigenvalue weighted by molar-refractivity contribution is 5.11. The van der Waals surface area contributed by atoms with Crippen molar-refractivity contribution in [1.82, 2.24) is 0 Å². The Labute approximate surface area is 218 Å². The van der Waals surface area contributed by atoms with E-state index in [2.05, 4.69) is 20.8 Å². The first-order valence-electron chi connectivity index (χ1n) is 15.0. The Morgan fingerprint density at radius 1 is 0.889 bits per heavy atom. The third-order valence-corrected chi connectivity index (χ3v) is 12.3. The average molecular weight is 509 g/mol. The number of fused-ring (bicyclic) bond motifs is 5. The lowest BCUT2D eigenvalue weighted by Crippen LogP contribution is -2.58. The minimum absolute atomic E-state index is 0.184. The predicted octanol–water partition coefficient (Wildman–Crippen LogP) is 4.62. The molecule has 208 valence electrons. The summed E-state index contributed by atoms with van der Waals surface area (Å²) in [4.78, 5) is 0. The van der Waals surface area contributed by atoms with Gasteiger partial charge in [0.05, 0.1) is 24.4 Å². The van der Waals surface area contributed by atoms with Gasteiger partial charge in [0, 0.05) is 6.42 Å². The zero-order valence-corrected chi connectivity index (χ0v) is 23.1. The van der Waals surface area contributed by atoms with Crippen molar-refractivity contribution in [1.29, 1.82) is 0 Å². The van der Waals surface area contributed by atoms with Crippen LogP contribution in [0.5, 0.6) is 0 Å². The third-order valence-electron chi connectivity index (χ3n) is 12.3. The van der Waals surface area contributed by atoms with Crippen LogP contribution in [-0.2, 0) is 9.47 Å². The van der Waals surface area contributed by atoms with Crippen molar-refractivity contribution < 1.29 is 29.9 Å². The number of rotatable bonds is 6. The Kier molecular flexibility index (Phi) is 7.64. The summed E-state index contributed by atoms with van der Waals surface area (Å²) in [5, 5.41) is 42.3. The maximum absolute atomic E-state index is 11.4. The maximum atomic E-state index is 11.4. The molecule has 1 aliphatic heterocycles. The van der Waals surface area contributed by atoms with Crippen molar-refractivity contribution >= 4 is 0 Å². The second kappa shape index (κ2) is 10.1. The van der Waals surface area contributed by atoms with Gasteiger partial charge in [-0.3, -0.25) is 0 Å². The highest BCUT2D eigenvalue weighted by Crippen LogP contribution is 2.68. The van der Waals surface area contributed by atoms with Crippen LogP contribution in [0.15, 0.2) is 0 Å². The minimum atomic E-state index is -0.817. The fourth-order valence-corrected chi connectivity index (χ4v) is 10.2. The van der Waals surface area contributed by atoms with Crippen LogP contribution in [0, 0.1) is 46.3 Å². The Bertz CT molecular complexity index is 777. The minimum Gasteiger partial charge on any atom is -0.393 e. The van der Waals surface area contributed by atoms with E-state index in [1.165, 1.54) is 25.7 Å². The van der Waals surface area contributed by atoms with E-state index >= 15 is 0 Å². The average Bonchev–Trinajstić information content (AvgIpc) is 3.15. The number of aliphatic hydroxyl groups is 4. The molecule has 1 saturated heterocycles. The van der Waals surface area contributed by atoms with Gasteiger partial charge in [-0.05, 0) is 124 Å².